The van der Waals surface area contributed by atoms with Gasteiger partial charge in [-0.15, -0.1) is 0 Å². The molecule has 4 nitrogen and oxygen atoms in total. The number of methoxy groups -OCH3 is 1. The molecule has 0 aromatic rings. The highest BCUT2D eigenvalue weighted by molar-refractivity contribution is 5.69. The summed E-state index contributed by atoms with van der Waals surface area (Å²) >= 11 is 0. The molecule has 0 fully saturated rings. The van der Waals surface area contributed by atoms with Crippen LogP contribution in [0.5, 0.6) is 0 Å². The number of carbonyl (C=O) groups excluding carboxylic acids is 1. The van der Waals surface area contributed by atoms with Crippen molar-refractivity contribution in [3.8, 4) is 0 Å². The minimum Gasteiger partial charge on any atom is -0.469 e. The first-order valence-electron chi connectivity index (χ1n) is 5.46. The predicted molar refractivity (Wildman–Crippen MR) is 59.7 cm³/mol. The molecule has 0 saturated carbocycles. The third-order valence-electron chi connectivity index (χ3n) is 2.63. The summed E-state index contributed by atoms with van der Waals surface area (Å²) in [4.78, 5) is 13.0. The summed E-state index contributed by atoms with van der Waals surface area (Å²) in [5, 5.41) is 9.89. The lowest BCUT2D eigenvalue weighted by molar-refractivity contribution is -0.141. The van der Waals surface area contributed by atoms with Crippen LogP contribution >= 0.6 is 0 Å². The number of aliphatic hydroxyl groups is 1. The first kappa shape index (κ1) is 14.4. The highest BCUT2D eigenvalue weighted by Crippen LogP contribution is 2.10. The van der Waals surface area contributed by atoms with Crippen molar-refractivity contribution in [3.05, 3.63) is 0 Å². The molecule has 0 aliphatic rings. The second-order valence-corrected chi connectivity index (χ2v) is 4.05. The van der Waals surface area contributed by atoms with Crippen LogP contribution in [0, 0.1) is 0 Å². The highest BCUT2D eigenvalue weighted by Gasteiger charge is 2.21. The molecule has 4 heteroatoms. The van der Waals surface area contributed by atoms with Crippen LogP contribution in [0.3, 0.4) is 0 Å². The van der Waals surface area contributed by atoms with Crippen LogP contribution in [0.15, 0.2) is 0 Å². The molecular weight excluding hydrogens is 194 g/mol. The number of ether oxygens (including phenoxy) is 1. The van der Waals surface area contributed by atoms with Gasteiger partial charge in [0.05, 0.1) is 19.1 Å². The average Bonchev–Trinajstić information content (AvgIpc) is 2.23. The van der Waals surface area contributed by atoms with E-state index in [1.165, 1.54) is 7.11 Å². The predicted octanol–water partition coefficient (Wildman–Crippen LogP) is 1.03. The number of nitrogens with zero attached hydrogens (tertiary/aromatic N) is 1. The largest absolute Gasteiger partial charge is 0.469 e. The van der Waals surface area contributed by atoms with Crippen molar-refractivity contribution < 1.29 is 14.6 Å². The van der Waals surface area contributed by atoms with E-state index in [0.29, 0.717) is 25.9 Å². The Kier molecular flexibility index (Phi) is 6.52. The summed E-state index contributed by atoms with van der Waals surface area (Å²) < 4.78 is 4.57. The maximum absolute atomic E-state index is 11.0. The first-order valence-corrected chi connectivity index (χ1v) is 5.46. The van der Waals surface area contributed by atoms with Crippen molar-refractivity contribution in [2.24, 2.45) is 0 Å². The molecule has 1 unspecified atom stereocenters. The van der Waals surface area contributed by atoms with Crippen LogP contribution in [0.25, 0.3) is 0 Å². The van der Waals surface area contributed by atoms with Gasteiger partial charge in [-0.25, -0.2) is 0 Å². The number of hydrogen-bond acceptors (Lipinski definition) is 4. The van der Waals surface area contributed by atoms with Crippen LogP contribution in [0.4, 0.5) is 0 Å². The molecule has 1 N–H and O–H groups in total. The Morgan fingerprint density at radius 3 is 2.47 bits per heavy atom. The number of likely N-dealkylation sites (N-methyl/N-ethyl adjacent to an activating group) is 1. The van der Waals surface area contributed by atoms with Gasteiger partial charge in [-0.1, -0.05) is 13.8 Å². The topological polar surface area (TPSA) is 49.8 Å². The Balaban J connectivity index is 3.98. The van der Waals surface area contributed by atoms with Gasteiger partial charge in [-0.05, 0) is 19.9 Å². The minimum atomic E-state index is -0.674. The Bertz CT molecular complexity index is 192. The fourth-order valence-electron chi connectivity index (χ4n) is 1.29. The summed E-state index contributed by atoms with van der Waals surface area (Å²) in [7, 11) is 1.39. The normalized spacial score (nSPS) is 15.1. The standard InChI is InChI=1S/C11H23NO3/c1-5-11(3,14)9-12(6-2)8-7-10(13)15-4/h14H,5-9H2,1-4H3. The van der Waals surface area contributed by atoms with Crippen LogP contribution in [-0.2, 0) is 9.53 Å². The summed E-state index contributed by atoms with van der Waals surface area (Å²) in [6.45, 7) is 7.84. The molecule has 0 bridgehead atoms. The van der Waals surface area contributed by atoms with Gasteiger partial charge >= 0.3 is 5.97 Å². The molecule has 0 radical (unpaired) electrons. The maximum Gasteiger partial charge on any atom is 0.306 e. The van der Waals surface area contributed by atoms with E-state index in [1.54, 1.807) is 0 Å². The van der Waals surface area contributed by atoms with Crippen molar-refractivity contribution in [1.82, 2.24) is 4.90 Å². The molecule has 0 aromatic heterocycles. The monoisotopic (exact) mass is 217 g/mol. The zero-order chi connectivity index (χ0) is 11.9. The third kappa shape index (κ3) is 6.47. The van der Waals surface area contributed by atoms with E-state index in [0.717, 1.165) is 6.54 Å². The first-order chi connectivity index (χ1) is 6.95. The number of esters is 1. The Morgan fingerprint density at radius 1 is 1.47 bits per heavy atom. The molecule has 0 heterocycles. The molecule has 0 aliphatic carbocycles. The molecule has 0 amide bonds. The number of rotatable bonds is 7. The van der Waals surface area contributed by atoms with Gasteiger partial charge in [-0.2, -0.15) is 0 Å². The van der Waals surface area contributed by atoms with E-state index in [1.807, 2.05) is 20.8 Å². The molecule has 0 spiro atoms. The molecule has 0 saturated heterocycles. The molecular formula is C11H23NO3. The van der Waals surface area contributed by atoms with Crippen molar-refractivity contribution in [1.29, 1.82) is 0 Å². The quantitative estimate of drug-likeness (QED) is 0.647. The van der Waals surface area contributed by atoms with E-state index in [9.17, 15) is 9.90 Å². The van der Waals surface area contributed by atoms with E-state index >= 15 is 0 Å². The third-order valence-corrected chi connectivity index (χ3v) is 2.63. The van der Waals surface area contributed by atoms with Gasteiger partial charge in [0.15, 0.2) is 0 Å². The van der Waals surface area contributed by atoms with Crippen molar-refractivity contribution in [2.75, 3.05) is 26.7 Å². The Labute approximate surface area is 92.2 Å². The molecule has 0 aromatic carbocycles. The number of hydrogen-bond donors (Lipinski definition) is 1. The maximum atomic E-state index is 11.0. The summed E-state index contributed by atoms with van der Waals surface area (Å²) in [5.41, 5.74) is -0.674. The lowest BCUT2D eigenvalue weighted by atomic mass is 10.0. The van der Waals surface area contributed by atoms with Crippen LogP contribution in [0.2, 0.25) is 0 Å². The zero-order valence-electron chi connectivity index (χ0n) is 10.2. The van der Waals surface area contributed by atoms with Gasteiger partial charge in [-0.3, -0.25) is 4.79 Å². The summed E-state index contributed by atoms with van der Waals surface area (Å²) in [6, 6.07) is 0. The summed E-state index contributed by atoms with van der Waals surface area (Å²) in [6.07, 6.45) is 1.09. The van der Waals surface area contributed by atoms with Gasteiger partial charge in [0.2, 0.25) is 0 Å². The highest BCUT2D eigenvalue weighted by atomic mass is 16.5. The molecule has 15 heavy (non-hydrogen) atoms. The van der Waals surface area contributed by atoms with E-state index in [4.69, 9.17) is 0 Å². The average molecular weight is 217 g/mol. The van der Waals surface area contributed by atoms with Crippen LogP contribution in [0.1, 0.15) is 33.6 Å². The van der Waals surface area contributed by atoms with Crippen LogP contribution < -0.4 is 0 Å². The van der Waals surface area contributed by atoms with E-state index < -0.39 is 5.60 Å². The fraction of sp³-hybridized carbons (Fsp3) is 0.909. The Hall–Kier alpha value is -0.610. The molecule has 0 aliphatic heterocycles. The Morgan fingerprint density at radius 2 is 2.07 bits per heavy atom. The smallest absolute Gasteiger partial charge is 0.306 e. The van der Waals surface area contributed by atoms with E-state index in [-0.39, 0.29) is 5.97 Å². The fourth-order valence-corrected chi connectivity index (χ4v) is 1.29. The lowest BCUT2D eigenvalue weighted by Gasteiger charge is -2.29. The minimum absolute atomic E-state index is 0.204. The van der Waals surface area contributed by atoms with Gasteiger partial charge in [0.25, 0.3) is 0 Å². The van der Waals surface area contributed by atoms with Crippen molar-refractivity contribution >= 4 is 5.97 Å². The van der Waals surface area contributed by atoms with Gasteiger partial charge < -0.3 is 14.7 Å². The van der Waals surface area contributed by atoms with Gasteiger partial charge in [0.1, 0.15) is 0 Å². The van der Waals surface area contributed by atoms with Crippen LogP contribution in [-0.4, -0.2) is 48.3 Å². The SMILES string of the molecule is CCN(CCC(=O)OC)CC(C)(O)CC. The van der Waals surface area contributed by atoms with E-state index in [2.05, 4.69) is 9.64 Å². The zero-order valence-corrected chi connectivity index (χ0v) is 10.2. The summed E-state index contributed by atoms with van der Waals surface area (Å²) in [5.74, 6) is -0.204. The van der Waals surface area contributed by atoms with Crippen molar-refractivity contribution in [3.63, 3.8) is 0 Å². The second kappa shape index (κ2) is 6.80. The molecule has 90 valence electrons. The molecule has 0 rings (SSSR count). The number of carbonyl (C=O) groups is 1. The lowest BCUT2D eigenvalue weighted by Crippen LogP contribution is -2.41. The molecule has 1 atom stereocenters. The second-order valence-electron chi connectivity index (χ2n) is 4.05. The van der Waals surface area contributed by atoms with Gasteiger partial charge in [0, 0.05) is 13.1 Å². The van der Waals surface area contributed by atoms with Crippen molar-refractivity contribution in [2.45, 2.75) is 39.2 Å².